The molecular weight excluding hydrogens is 262 g/mol. The van der Waals surface area contributed by atoms with E-state index in [1.807, 2.05) is 0 Å². The number of hydrogen-bond acceptors (Lipinski definition) is 3. The Kier molecular flexibility index (Phi) is 4.81. The fraction of sp³-hybridized carbons (Fsp3) is 0.769. The van der Waals surface area contributed by atoms with E-state index in [0.717, 1.165) is 45.2 Å². The summed E-state index contributed by atoms with van der Waals surface area (Å²) in [5, 5.41) is 13.9. The maximum Gasteiger partial charge on any atom is 0.326 e. The van der Waals surface area contributed by atoms with Crippen LogP contribution in [0.2, 0.25) is 0 Å². The number of aliphatic carboxylic acids is 1. The molecule has 1 aliphatic carbocycles. The van der Waals surface area contributed by atoms with Crippen LogP contribution in [-0.4, -0.2) is 53.6 Å². The van der Waals surface area contributed by atoms with Crippen molar-refractivity contribution in [3.8, 4) is 0 Å². The molecule has 0 spiro atoms. The lowest BCUT2D eigenvalue weighted by atomic mass is 10.1. The summed E-state index contributed by atoms with van der Waals surface area (Å²) in [6, 6.07) is -1.44. The Bertz CT molecular complexity index is 389. The maximum absolute atomic E-state index is 11.8. The van der Waals surface area contributed by atoms with Gasteiger partial charge in [0, 0.05) is 13.1 Å². The van der Waals surface area contributed by atoms with Crippen molar-refractivity contribution >= 4 is 17.9 Å². The van der Waals surface area contributed by atoms with E-state index in [1.54, 1.807) is 4.90 Å². The van der Waals surface area contributed by atoms with E-state index in [0.29, 0.717) is 0 Å². The van der Waals surface area contributed by atoms with Gasteiger partial charge < -0.3 is 20.6 Å². The van der Waals surface area contributed by atoms with Crippen LogP contribution in [0.4, 0.5) is 4.79 Å². The number of amides is 3. The normalized spacial score (nSPS) is 20.1. The van der Waals surface area contributed by atoms with Crippen LogP contribution >= 0.6 is 0 Å². The Balaban J connectivity index is 1.71. The highest BCUT2D eigenvalue weighted by Gasteiger charge is 2.37. The van der Waals surface area contributed by atoms with Crippen molar-refractivity contribution in [2.75, 3.05) is 19.6 Å². The molecule has 2 fully saturated rings. The number of carboxylic acid groups (broad SMARTS) is 1. The highest BCUT2D eigenvalue weighted by molar-refractivity contribution is 5.86. The highest BCUT2D eigenvalue weighted by atomic mass is 16.4. The summed E-state index contributed by atoms with van der Waals surface area (Å²) < 4.78 is 0. The zero-order valence-corrected chi connectivity index (χ0v) is 11.4. The van der Waals surface area contributed by atoms with E-state index in [4.69, 9.17) is 5.11 Å². The molecular formula is C13H21N3O4. The minimum atomic E-state index is -1.02. The number of carbonyl (C=O) groups excluding carboxylic acids is 2. The lowest BCUT2D eigenvalue weighted by Gasteiger charge is -2.26. The number of piperidine rings is 1. The number of carboxylic acids is 1. The van der Waals surface area contributed by atoms with E-state index in [2.05, 4.69) is 10.6 Å². The lowest BCUT2D eigenvalue weighted by molar-refractivity contribution is -0.139. The van der Waals surface area contributed by atoms with E-state index in [-0.39, 0.29) is 18.4 Å². The Morgan fingerprint density at radius 3 is 2.35 bits per heavy atom. The molecule has 3 amide bonds. The van der Waals surface area contributed by atoms with Crippen molar-refractivity contribution in [3.63, 3.8) is 0 Å². The van der Waals surface area contributed by atoms with Gasteiger partial charge >= 0.3 is 12.0 Å². The van der Waals surface area contributed by atoms with Gasteiger partial charge in [0.25, 0.3) is 0 Å². The molecule has 7 heteroatoms. The number of rotatable bonds is 5. The quantitative estimate of drug-likeness (QED) is 0.669. The molecule has 20 heavy (non-hydrogen) atoms. The van der Waals surface area contributed by atoms with Gasteiger partial charge in [-0.2, -0.15) is 0 Å². The van der Waals surface area contributed by atoms with Crippen LogP contribution < -0.4 is 10.6 Å². The fourth-order valence-electron chi connectivity index (χ4n) is 2.41. The van der Waals surface area contributed by atoms with Gasteiger partial charge in [-0.3, -0.25) is 4.79 Å². The predicted octanol–water partition coefficient (Wildman–Crippen LogP) is 0.161. The van der Waals surface area contributed by atoms with Crippen molar-refractivity contribution in [2.45, 2.75) is 38.1 Å². The van der Waals surface area contributed by atoms with Crippen LogP contribution in [0.15, 0.2) is 0 Å². The predicted molar refractivity (Wildman–Crippen MR) is 71.1 cm³/mol. The summed E-state index contributed by atoms with van der Waals surface area (Å²) in [7, 11) is 0. The molecule has 0 radical (unpaired) electrons. The van der Waals surface area contributed by atoms with Crippen LogP contribution in [0.5, 0.6) is 0 Å². The van der Waals surface area contributed by atoms with E-state index in [9.17, 15) is 14.4 Å². The standard InChI is InChI=1S/C13H21N3O4/c17-10(16-6-2-1-3-7-16)8-14-13(20)15-11(12(18)19)9-4-5-9/h9,11H,1-8H2,(H,18,19)(H2,14,15,20). The number of carbonyl (C=O) groups is 3. The molecule has 112 valence electrons. The summed E-state index contributed by atoms with van der Waals surface area (Å²) >= 11 is 0. The fourth-order valence-corrected chi connectivity index (χ4v) is 2.41. The van der Waals surface area contributed by atoms with Gasteiger partial charge in [-0.05, 0) is 38.0 Å². The Morgan fingerprint density at radius 1 is 1.15 bits per heavy atom. The summed E-state index contributed by atoms with van der Waals surface area (Å²) in [6.45, 7) is 1.40. The number of hydrogen-bond donors (Lipinski definition) is 3. The number of urea groups is 1. The smallest absolute Gasteiger partial charge is 0.326 e. The van der Waals surface area contributed by atoms with Crippen LogP contribution in [0.25, 0.3) is 0 Å². The molecule has 2 aliphatic rings. The van der Waals surface area contributed by atoms with Crippen molar-refractivity contribution in [1.29, 1.82) is 0 Å². The largest absolute Gasteiger partial charge is 0.480 e. The zero-order valence-electron chi connectivity index (χ0n) is 11.4. The van der Waals surface area contributed by atoms with Gasteiger partial charge in [-0.15, -0.1) is 0 Å². The van der Waals surface area contributed by atoms with Crippen molar-refractivity contribution in [2.24, 2.45) is 5.92 Å². The third kappa shape index (κ3) is 4.11. The second-order valence-corrected chi connectivity index (χ2v) is 5.42. The van der Waals surface area contributed by atoms with E-state index in [1.165, 1.54) is 0 Å². The highest BCUT2D eigenvalue weighted by Crippen LogP contribution is 2.32. The topological polar surface area (TPSA) is 98.7 Å². The molecule has 0 aromatic carbocycles. The molecule has 0 aromatic heterocycles. The van der Waals surface area contributed by atoms with E-state index < -0.39 is 18.0 Å². The van der Waals surface area contributed by atoms with Gasteiger partial charge in [0.1, 0.15) is 6.04 Å². The zero-order chi connectivity index (χ0) is 14.5. The number of nitrogens with zero attached hydrogens (tertiary/aromatic N) is 1. The second-order valence-electron chi connectivity index (χ2n) is 5.42. The van der Waals surface area contributed by atoms with Crippen molar-refractivity contribution in [3.05, 3.63) is 0 Å². The summed E-state index contributed by atoms with van der Waals surface area (Å²) in [5.74, 6) is -1.11. The van der Waals surface area contributed by atoms with Gasteiger partial charge in [0.05, 0.1) is 6.54 Å². The summed E-state index contributed by atoms with van der Waals surface area (Å²) in [4.78, 5) is 36.2. The van der Waals surface area contributed by atoms with Crippen molar-refractivity contribution in [1.82, 2.24) is 15.5 Å². The van der Waals surface area contributed by atoms with Gasteiger partial charge in [0.15, 0.2) is 0 Å². The Hall–Kier alpha value is -1.79. The molecule has 1 unspecified atom stereocenters. The van der Waals surface area contributed by atoms with Crippen LogP contribution in [0.1, 0.15) is 32.1 Å². The lowest BCUT2D eigenvalue weighted by Crippen LogP contribution is -2.50. The average Bonchev–Trinajstić information content (AvgIpc) is 3.27. The molecule has 0 aromatic rings. The minimum Gasteiger partial charge on any atom is -0.480 e. The first-order valence-corrected chi connectivity index (χ1v) is 7.13. The first-order valence-electron chi connectivity index (χ1n) is 7.13. The molecule has 1 aliphatic heterocycles. The molecule has 0 bridgehead atoms. The van der Waals surface area contributed by atoms with Gasteiger partial charge in [-0.1, -0.05) is 0 Å². The first kappa shape index (κ1) is 14.6. The van der Waals surface area contributed by atoms with Crippen LogP contribution in [0.3, 0.4) is 0 Å². The summed E-state index contributed by atoms with van der Waals surface area (Å²) in [5.41, 5.74) is 0. The van der Waals surface area contributed by atoms with Crippen LogP contribution in [-0.2, 0) is 9.59 Å². The second kappa shape index (κ2) is 6.58. The SMILES string of the molecule is O=C(NCC(=O)N1CCCCC1)NC(C(=O)O)C1CC1. The minimum absolute atomic E-state index is 0.0241. The average molecular weight is 283 g/mol. The molecule has 3 N–H and O–H groups in total. The molecule has 7 nitrogen and oxygen atoms in total. The molecule has 1 saturated heterocycles. The monoisotopic (exact) mass is 283 g/mol. The first-order chi connectivity index (χ1) is 9.58. The van der Waals surface area contributed by atoms with Crippen LogP contribution in [0, 0.1) is 5.92 Å². The molecule has 1 heterocycles. The van der Waals surface area contributed by atoms with Gasteiger partial charge in [-0.25, -0.2) is 9.59 Å². The molecule has 2 rings (SSSR count). The van der Waals surface area contributed by atoms with Gasteiger partial charge in [0.2, 0.25) is 5.91 Å². The Labute approximate surface area is 117 Å². The third-order valence-electron chi connectivity index (χ3n) is 3.76. The summed E-state index contributed by atoms with van der Waals surface area (Å²) in [6.07, 6.45) is 4.79. The number of nitrogens with one attached hydrogen (secondary N) is 2. The maximum atomic E-state index is 11.8. The molecule has 1 atom stereocenters. The Morgan fingerprint density at radius 2 is 1.80 bits per heavy atom. The number of likely N-dealkylation sites (tertiary alicyclic amines) is 1. The molecule has 1 saturated carbocycles. The van der Waals surface area contributed by atoms with Crippen molar-refractivity contribution < 1.29 is 19.5 Å². The van der Waals surface area contributed by atoms with E-state index >= 15 is 0 Å². The third-order valence-corrected chi connectivity index (χ3v) is 3.76.